The van der Waals surface area contributed by atoms with E-state index in [-0.39, 0.29) is 0 Å². The lowest BCUT2D eigenvalue weighted by atomic mass is 10.1. The number of hydrogen-bond donors (Lipinski definition) is 1. The highest BCUT2D eigenvalue weighted by Gasteiger charge is 2.59. The van der Waals surface area contributed by atoms with Crippen LogP contribution in [0.5, 0.6) is 0 Å². The number of hydrogen-bond acceptors (Lipinski definition) is 1. The van der Waals surface area contributed by atoms with Crippen molar-refractivity contribution in [2.45, 2.75) is 37.4 Å². The van der Waals surface area contributed by atoms with Gasteiger partial charge in [0.05, 0.1) is 13.6 Å². The van der Waals surface area contributed by atoms with Crippen LogP contribution in [0.1, 0.15) is 0 Å². The molecule has 0 bridgehead atoms. The quantitative estimate of drug-likeness (QED) is 0.519. The van der Waals surface area contributed by atoms with Gasteiger partial charge in [0.15, 0.2) is 0 Å². The highest BCUT2D eigenvalue weighted by atomic mass is 28.3. The molecule has 0 aliphatic carbocycles. The minimum Gasteiger partial charge on any atom is -0.344 e. The number of amides is 1. The molecule has 1 aliphatic heterocycles. The molecular weight excluding hydrogens is 199 g/mol. The zero-order valence-electron chi connectivity index (χ0n) is 7.70. The minimum atomic E-state index is -4.29. The zero-order chi connectivity index (χ0) is 10.4. The number of nitrogens with one attached hydrogen (secondary N) is 1. The molecule has 1 fully saturated rings. The minimum absolute atomic E-state index is 0.443. The summed E-state index contributed by atoms with van der Waals surface area (Å²) in [5, 5.41) is 1.91. The van der Waals surface area contributed by atoms with Crippen LogP contribution in [0.4, 0.5) is 13.2 Å². The van der Waals surface area contributed by atoms with Gasteiger partial charge in [-0.05, 0) is 0 Å². The van der Waals surface area contributed by atoms with Gasteiger partial charge < -0.3 is 5.32 Å². The van der Waals surface area contributed by atoms with Crippen LogP contribution >= 0.6 is 0 Å². The van der Waals surface area contributed by atoms with Crippen LogP contribution in [0.15, 0.2) is 0 Å². The topological polar surface area (TPSA) is 29.1 Å². The average Bonchev–Trinajstić information content (AvgIpc) is 1.75. The van der Waals surface area contributed by atoms with Crippen LogP contribution < -0.4 is 5.32 Å². The summed E-state index contributed by atoms with van der Waals surface area (Å²) in [6, 6.07) is -1.60. The number of halogens is 3. The number of alkyl halides is 3. The summed E-state index contributed by atoms with van der Waals surface area (Å²) in [4.78, 5) is 11.0. The van der Waals surface area contributed by atoms with Crippen LogP contribution in [0, 0.1) is 0 Å². The lowest BCUT2D eigenvalue weighted by Gasteiger charge is -2.44. The first-order valence-electron chi connectivity index (χ1n) is 4.01. The van der Waals surface area contributed by atoms with Gasteiger partial charge in [0.25, 0.3) is 0 Å². The maximum absolute atomic E-state index is 12.3. The fourth-order valence-electron chi connectivity index (χ4n) is 1.55. The highest BCUT2D eigenvalue weighted by Crippen LogP contribution is 2.40. The Balaban J connectivity index is 2.79. The summed E-state index contributed by atoms with van der Waals surface area (Å²) >= 11 is 0. The van der Waals surface area contributed by atoms with Crippen LogP contribution in [0.2, 0.25) is 25.2 Å². The Bertz CT molecular complexity index is 233. The Kier molecular flexibility index (Phi) is 2.22. The summed E-state index contributed by atoms with van der Waals surface area (Å²) in [6.45, 7) is 5.32. The van der Waals surface area contributed by atoms with E-state index in [4.69, 9.17) is 0 Å². The van der Waals surface area contributed by atoms with Crippen molar-refractivity contribution in [3.8, 4) is 0 Å². The molecule has 0 spiro atoms. The fraction of sp³-hybridized carbons (Fsp3) is 0.857. The number of rotatable bonds is 1. The van der Waals surface area contributed by atoms with Gasteiger partial charge in [-0.2, -0.15) is 13.2 Å². The zero-order valence-corrected chi connectivity index (χ0v) is 8.70. The molecule has 1 saturated heterocycles. The molecule has 1 rings (SSSR count). The first-order valence-corrected chi connectivity index (χ1v) is 7.59. The van der Waals surface area contributed by atoms with Crippen molar-refractivity contribution in [2.24, 2.45) is 0 Å². The van der Waals surface area contributed by atoms with E-state index in [2.05, 4.69) is 0 Å². The van der Waals surface area contributed by atoms with Crippen LogP contribution in [0.25, 0.3) is 0 Å². The summed E-state index contributed by atoms with van der Waals surface area (Å²) in [5.41, 5.74) is -0.813. The van der Waals surface area contributed by atoms with E-state index in [9.17, 15) is 18.0 Å². The SMILES string of the molecule is C[Si](C)(C)C1C(=O)NC1C(F)(F)F. The molecule has 2 unspecified atom stereocenters. The predicted octanol–water partition coefficient (Wildman–Crippen LogP) is 1.76. The Morgan fingerprint density at radius 2 is 1.77 bits per heavy atom. The monoisotopic (exact) mass is 211 g/mol. The third kappa shape index (κ3) is 1.87. The second-order valence-electron chi connectivity index (χ2n) is 4.37. The fourth-order valence-corrected chi connectivity index (χ4v) is 3.69. The standard InChI is InChI=1S/C7H12F3NOSi/c1-13(2,3)4-5(7(8,9)10)11-6(4)12/h4-5H,1-3H3,(H,11,12). The molecule has 1 amide bonds. The Morgan fingerprint density at radius 1 is 1.31 bits per heavy atom. The van der Waals surface area contributed by atoms with Gasteiger partial charge in [0, 0.05) is 0 Å². The van der Waals surface area contributed by atoms with Gasteiger partial charge in [0.2, 0.25) is 5.91 Å². The third-order valence-electron chi connectivity index (χ3n) is 2.20. The van der Waals surface area contributed by atoms with E-state index in [1.807, 2.05) is 5.32 Å². The molecule has 0 radical (unpaired) electrons. The molecule has 76 valence electrons. The predicted molar refractivity (Wildman–Crippen MR) is 45.1 cm³/mol. The molecule has 1 N–H and O–H groups in total. The molecule has 1 heterocycles. The summed E-state index contributed by atoms with van der Waals surface area (Å²) in [6.07, 6.45) is -4.29. The average molecular weight is 211 g/mol. The number of β-lactam (4-membered cyclic amide) rings is 1. The first kappa shape index (κ1) is 10.6. The summed E-state index contributed by atoms with van der Waals surface area (Å²) in [7, 11) is -2.04. The first-order chi connectivity index (χ1) is 5.64. The Morgan fingerprint density at radius 3 is 1.92 bits per heavy atom. The molecule has 1 aliphatic rings. The summed E-state index contributed by atoms with van der Waals surface area (Å²) in [5.74, 6) is -0.443. The second kappa shape index (κ2) is 2.73. The molecule has 6 heteroatoms. The lowest BCUT2D eigenvalue weighted by Crippen LogP contribution is -2.67. The highest BCUT2D eigenvalue weighted by molar-refractivity contribution is 6.81. The molecule has 2 nitrogen and oxygen atoms in total. The third-order valence-corrected chi connectivity index (χ3v) is 4.66. The normalized spacial score (nSPS) is 29.5. The van der Waals surface area contributed by atoms with E-state index < -0.39 is 31.7 Å². The van der Waals surface area contributed by atoms with E-state index >= 15 is 0 Å². The lowest BCUT2D eigenvalue weighted by molar-refractivity contribution is -0.180. The van der Waals surface area contributed by atoms with Crippen LogP contribution in [-0.4, -0.2) is 26.2 Å². The number of carbonyl (C=O) groups is 1. The molecule has 13 heavy (non-hydrogen) atoms. The number of carbonyl (C=O) groups excluding carboxylic acids is 1. The Hall–Kier alpha value is -0.523. The van der Waals surface area contributed by atoms with Crippen molar-refractivity contribution >= 4 is 14.0 Å². The van der Waals surface area contributed by atoms with Crippen molar-refractivity contribution in [1.29, 1.82) is 0 Å². The van der Waals surface area contributed by atoms with Gasteiger partial charge in [0.1, 0.15) is 6.04 Å². The largest absolute Gasteiger partial charge is 0.409 e. The van der Waals surface area contributed by atoms with E-state index in [0.717, 1.165) is 0 Å². The van der Waals surface area contributed by atoms with Gasteiger partial charge in [-0.1, -0.05) is 19.6 Å². The van der Waals surface area contributed by atoms with Gasteiger partial charge in [-0.25, -0.2) is 0 Å². The molecule has 0 aromatic carbocycles. The van der Waals surface area contributed by atoms with Gasteiger partial charge in [-0.15, -0.1) is 0 Å². The molecule has 2 atom stereocenters. The van der Waals surface area contributed by atoms with Crippen molar-refractivity contribution < 1.29 is 18.0 Å². The summed E-state index contributed by atoms with van der Waals surface area (Å²) < 4.78 is 36.8. The van der Waals surface area contributed by atoms with Crippen LogP contribution in [-0.2, 0) is 4.79 Å². The molecule has 0 aromatic rings. The van der Waals surface area contributed by atoms with Crippen molar-refractivity contribution in [1.82, 2.24) is 5.32 Å². The van der Waals surface area contributed by atoms with Crippen molar-refractivity contribution in [3.63, 3.8) is 0 Å². The van der Waals surface area contributed by atoms with E-state index in [0.29, 0.717) is 0 Å². The molecule has 0 saturated carbocycles. The maximum Gasteiger partial charge on any atom is 0.409 e. The second-order valence-corrected chi connectivity index (χ2v) is 9.73. The maximum atomic E-state index is 12.3. The van der Waals surface area contributed by atoms with Crippen molar-refractivity contribution in [3.05, 3.63) is 0 Å². The molecule has 0 aromatic heterocycles. The van der Waals surface area contributed by atoms with E-state index in [1.165, 1.54) is 0 Å². The smallest absolute Gasteiger partial charge is 0.344 e. The molecular formula is C7H12F3NOSi. The van der Waals surface area contributed by atoms with Crippen LogP contribution in [0.3, 0.4) is 0 Å². The van der Waals surface area contributed by atoms with Gasteiger partial charge >= 0.3 is 6.18 Å². The van der Waals surface area contributed by atoms with E-state index in [1.54, 1.807) is 19.6 Å². The van der Waals surface area contributed by atoms with Gasteiger partial charge in [-0.3, -0.25) is 4.79 Å². The Labute approximate surface area is 75.5 Å². The van der Waals surface area contributed by atoms with Crippen molar-refractivity contribution in [2.75, 3.05) is 0 Å².